The van der Waals surface area contributed by atoms with Gasteiger partial charge in [0.05, 0.1) is 16.3 Å². The summed E-state index contributed by atoms with van der Waals surface area (Å²) in [5.74, 6) is 1.69. The Hall–Kier alpha value is -3.60. The van der Waals surface area contributed by atoms with Gasteiger partial charge in [-0.15, -0.1) is 11.3 Å². The van der Waals surface area contributed by atoms with Crippen LogP contribution in [0.4, 0.5) is 0 Å². The molecular formula is C36H24I2N2OS. The van der Waals surface area contributed by atoms with E-state index in [4.69, 9.17) is 4.74 Å². The van der Waals surface area contributed by atoms with Gasteiger partial charge in [-0.1, -0.05) is 54.6 Å². The van der Waals surface area contributed by atoms with Gasteiger partial charge in [0.25, 0.3) is 0 Å². The van der Waals surface area contributed by atoms with E-state index >= 15 is 0 Å². The fourth-order valence-electron chi connectivity index (χ4n) is 5.78. The number of hydrogen-bond donors (Lipinski definition) is 0. The van der Waals surface area contributed by atoms with Gasteiger partial charge in [-0.2, -0.15) is 0 Å². The molecule has 8 rings (SSSR count). The number of halogens is 2. The van der Waals surface area contributed by atoms with Crippen LogP contribution >= 0.6 is 11.3 Å². The minimum atomic E-state index is 0. The van der Waals surface area contributed by atoms with Crippen LogP contribution in [0, 0.1) is 0 Å². The Morgan fingerprint density at radius 2 is 1.33 bits per heavy atom. The second kappa shape index (κ2) is 11.9. The minimum Gasteiger partial charge on any atom is -1.00 e. The van der Waals surface area contributed by atoms with Gasteiger partial charge >= 0.3 is 0 Å². The summed E-state index contributed by atoms with van der Waals surface area (Å²) in [5, 5.41) is 6.27. The Morgan fingerprint density at radius 3 is 2.19 bits per heavy atom. The summed E-state index contributed by atoms with van der Waals surface area (Å²) in [6.07, 6.45) is 8.47. The first kappa shape index (κ1) is 28.5. The maximum absolute atomic E-state index is 6.30. The van der Waals surface area contributed by atoms with Crippen molar-refractivity contribution in [2.75, 3.05) is 0 Å². The molecule has 3 nitrogen and oxygen atoms in total. The van der Waals surface area contributed by atoms with E-state index in [-0.39, 0.29) is 48.0 Å². The van der Waals surface area contributed by atoms with Gasteiger partial charge < -0.3 is 52.7 Å². The highest BCUT2D eigenvalue weighted by Crippen LogP contribution is 2.47. The van der Waals surface area contributed by atoms with E-state index in [1.165, 1.54) is 53.0 Å². The molecule has 0 aliphatic carbocycles. The zero-order valence-corrected chi connectivity index (χ0v) is 27.4. The number of nitrogens with one attached hydrogen (secondary N) is 2. The molecule has 0 saturated heterocycles. The number of hydrogen-bond acceptors (Lipinski definition) is 2. The van der Waals surface area contributed by atoms with Gasteiger partial charge in [-0.3, -0.25) is 0 Å². The molecular weight excluding hydrogens is 762 g/mol. The average molecular weight is 786 g/mol. The van der Waals surface area contributed by atoms with Crippen LogP contribution in [0.3, 0.4) is 0 Å². The number of para-hydroxylation sites is 1. The first-order valence-electron chi connectivity index (χ1n) is 13.4. The number of pyridine rings is 2. The summed E-state index contributed by atoms with van der Waals surface area (Å²) in [4.78, 5) is 6.97. The van der Waals surface area contributed by atoms with Crippen LogP contribution < -0.4 is 62.7 Å². The van der Waals surface area contributed by atoms with Crippen molar-refractivity contribution in [2.45, 2.75) is 0 Å². The molecule has 3 heterocycles. The van der Waals surface area contributed by atoms with Crippen molar-refractivity contribution >= 4 is 65.3 Å². The zero-order chi connectivity index (χ0) is 26.5. The molecule has 3 aromatic heterocycles. The highest BCUT2D eigenvalue weighted by atomic mass is 127. The first-order valence-corrected chi connectivity index (χ1v) is 14.2. The van der Waals surface area contributed by atoms with Crippen LogP contribution in [-0.2, 0) is 0 Å². The van der Waals surface area contributed by atoms with E-state index < -0.39 is 0 Å². The Labute approximate surface area is 281 Å². The van der Waals surface area contributed by atoms with Gasteiger partial charge in [-0.25, -0.2) is 9.97 Å². The number of aromatic amines is 2. The standard InChI is InChI=1S/C36H22N2OS.2HI/c1-2-10-25(11-3-1)39-26-21-29-28-13-8-20-38-36(28)33-24(17-18-31-35(33)34(29)32(22-26)40-31)16-15-23-9-4-5-12-27(23)30-14-6-7-19-37-30;;/h1-22H;2*1H/b16-15+;;. The molecule has 0 fully saturated rings. The third-order valence-electron chi connectivity index (χ3n) is 7.52. The van der Waals surface area contributed by atoms with Crippen molar-refractivity contribution in [3.63, 3.8) is 0 Å². The topological polar surface area (TPSA) is 37.5 Å². The summed E-state index contributed by atoms with van der Waals surface area (Å²) in [6.45, 7) is 0. The normalized spacial score (nSPS) is 11.3. The molecule has 2 N–H and O–H groups in total. The van der Waals surface area contributed by atoms with Crippen molar-refractivity contribution in [3.8, 4) is 22.8 Å². The summed E-state index contributed by atoms with van der Waals surface area (Å²) in [7, 11) is 0. The van der Waals surface area contributed by atoms with Crippen molar-refractivity contribution in [1.29, 1.82) is 0 Å². The smallest absolute Gasteiger partial charge is 0.220 e. The molecule has 0 saturated carbocycles. The van der Waals surface area contributed by atoms with Crippen molar-refractivity contribution in [3.05, 3.63) is 133 Å². The lowest BCUT2D eigenvalue weighted by atomic mass is 9.93. The fraction of sp³-hybridized carbons (Fsp3) is 0. The number of thiophene rings is 1. The van der Waals surface area contributed by atoms with Crippen LogP contribution in [-0.4, -0.2) is 0 Å². The lowest BCUT2D eigenvalue weighted by Crippen LogP contribution is -3.00. The number of rotatable bonds is 5. The molecule has 204 valence electrons. The molecule has 0 spiro atoms. The molecule has 0 radical (unpaired) electrons. The maximum atomic E-state index is 6.30. The predicted molar refractivity (Wildman–Crippen MR) is 166 cm³/mol. The molecule has 0 aliphatic rings. The molecule has 0 amide bonds. The van der Waals surface area contributed by atoms with Gasteiger partial charge in [-0.05, 0) is 59.7 Å². The first-order chi connectivity index (χ1) is 19.8. The number of ether oxygens (including phenoxy) is 1. The van der Waals surface area contributed by atoms with Crippen molar-refractivity contribution < 1.29 is 62.7 Å². The van der Waals surface area contributed by atoms with Crippen LogP contribution in [0.25, 0.3) is 65.3 Å². The fourth-order valence-corrected chi connectivity index (χ4v) is 6.95. The Morgan fingerprint density at radius 1 is 0.548 bits per heavy atom. The second-order valence-electron chi connectivity index (χ2n) is 9.92. The Bertz CT molecular complexity index is 2190. The maximum Gasteiger partial charge on any atom is 0.220 e. The largest absolute Gasteiger partial charge is 1.00 e. The van der Waals surface area contributed by atoms with E-state index in [1.807, 2.05) is 60.1 Å². The summed E-state index contributed by atoms with van der Waals surface area (Å²) in [5.41, 5.74) is 5.78. The van der Waals surface area contributed by atoms with Crippen LogP contribution in [0.15, 0.2) is 122 Å². The van der Waals surface area contributed by atoms with E-state index in [2.05, 4.69) is 94.9 Å². The lowest BCUT2D eigenvalue weighted by molar-refractivity contribution is -0.364. The van der Waals surface area contributed by atoms with Crippen molar-refractivity contribution in [2.24, 2.45) is 0 Å². The third-order valence-corrected chi connectivity index (χ3v) is 8.62. The van der Waals surface area contributed by atoms with Gasteiger partial charge in [0, 0.05) is 43.8 Å². The molecule has 0 unspecified atom stereocenters. The van der Waals surface area contributed by atoms with Gasteiger partial charge in [0.2, 0.25) is 11.2 Å². The number of fused-ring (bicyclic) bond motifs is 3. The minimum absolute atomic E-state index is 0. The van der Waals surface area contributed by atoms with Gasteiger partial charge in [0.15, 0.2) is 12.4 Å². The highest BCUT2D eigenvalue weighted by molar-refractivity contribution is 7.26. The molecule has 8 aromatic rings. The highest BCUT2D eigenvalue weighted by Gasteiger charge is 2.22. The van der Waals surface area contributed by atoms with Crippen LogP contribution in [0.5, 0.6) is 11.5 Å². The van der Waals surface area contributed by atoms with Crippen LogP contribution in [0.1, 0.15) is 11.1 Å². The monoisotopic (exact) mass is 786 g/mol. The van der Waals surface area contributed by atoms with E-state index in [1.54, 1.807) is 0 Å². The average Bonchev–Trinajstić information content (AvgIpc) is 3.39. The predicted octanol–water partition coefficient (Wildman–Crippen LogP) is 3.06. The van der Waals surface area contributed by atoms with Gasteiger partial charge in [0.1, 0.15) is 11.5 Å². The molecule has 0 aliphatic heterocycles. The molecule has 0 atom stereocenters. The number of H-pyrrole nitrogens is 2. The summed E-state index contributed by atoms with van der Waals surface area (Å²) >= 11 is 1.83. The third kappa shape index (κ3) is 4.91. The SMILES string of the molecule is C(=C\c1ccc2sc3cc(Oc4ccccc4)cc4c5ccc[nH+]c5c1c2c34)/c1ccccc1-c1cccc[nH+]1.[I-].[I-]. The number of benzene rings is 5. The van der Waals surface area contributed by atoms with E-state index in [0.29, 0.717) is 0 Å². The quantitative estimate of drug-likeness (QED) is 0.150. The Balaban J connectivity index is 0.00000158. The van der Waals surface area contributed by atoms with Crippen molar-refractivity contribution in [1.82, 2.24) is 0 Å². The second-order valence-corrected chi connectivity index (χ2v) is 11.0. The Kier molecular flexibility index (Phi) is 8.11. The van der Waals surface area contributed by atoms with Crippen LogP contribution in [0.2, 0.25) is 0 Å². The molecule has 5 aromatic carbocycles. The lowest BCUT2D eigenvalue weighted by Gasteiger charge is -2.10. The molecule has 42 heavy (non-hydrogen) atoms. The van der Waals surface area contributed by atoms with E-state index in [9.17, 15) is 0 Å². The molecule has 6 heteroatoms. The zero-order valence-electron chi connectivity index (χ0n) is 22.3. The number of aromatic nitrogens is 2. The summed E-state index contributed by atoms with van der Waals surface area (Å²) < 4.78 is 8.82. The van der Waals surface area contributed by atoms with E-state index in [0.717, 1.165) is 22.7 Å². The molecule has 0 bridgehead atoms. The summed E-state index contributed by atoms with van der Waals surface area (Å²) in [6, 6.07) is 37.8.